The van der Waals surface area contributed by atoms with Crippen LogP contribution in [0.2, 0.25) is 0 Å². The molecule has 0 amide bonds. The van der Waals surface area contributed by atoms with E-state index in [1.54, 1.807) is 0 Å². The molecule has 0 spiro atoms. The highest BCUT2D eigenvalue weighted by atomic mass is 32.2. The normalized spacial score (nSPS) is 25.4. The predicted octanol–water partition coefficient (Wildman–Crippen LogP) is 3.79. The number of hydrogen-bond donors (Lipinski definition) is 1. The lowest BCUT2D eigenvalue weighted by Crippen LogP contribution is -2.14. The van der Waals surface area contributed by atoms with Crippen LogP contribution >= 0.6 is 11.8 Å². The van der Waals surface area contributed by atoms with Crippen LogP contribution in [0.3, 0.4) is 0 Å². The van der Waals surface area contributed by atoms with Gasteiger partial charge in [0.1, 0.15) is 5.82 Å². The molecule has 1 aromatic rings. The zero-order valence-corrected chi connectivity index (χ0v) is 10.9. The molecule has 3 heteroatoms. The number of thioether (sulfide) groups is 1. The van der Waals surface area contributed by atoms with Crippen LogP contribution in [0.15, 0.2) is 23.2 Å². The Bertz CT molecular complexity index is 340. The fourth-order valence-corrected chi connectivity index (χ4v) is 3.71. The number of aromatic nitrogens is 1. The van der Waals surface area contributed by atoms with E-state index >= 15 is 0 Å². The van der Waals surface area contributed by atoms with E-state index in [4.69, 9.17) is 0 Å². The summed E-state index contributed by atoms with van der Waals surface area (Å²) < 4.78 is 0. The van der Waals surface area contributed by atoms with Crippen molar-refractivity contribution < 1.29 is 0 Å². The highest BCUT2D eigenvalue weighted by molar-refractivity contribution is 8.00. The van der Waals surface area contributed by atoms with Gasteiger partial charge in [-0.3, -0.25) is 0 Å². The van der Waals surface area contributed by atoms with Crippen molar-refractivity contribution in [2.75, 3.05) is 12.4 Å². The standard InChI is InChI=1S/C13H20N2S/c1-10-4-3-5-11(8-10)16-12-6-7-15-13(9-12)14-2/h6-7,9-11H,3-5,8H2,1-2H3,(H,14,15). The second-order valence-electron chi connectivity index (χ2n) is 4.64. The lowest BCUT2D eigenvalue weighted by atomic mass is 9.91. The summed E-state index contributed by atoms with van der Waals surface area (Å²) in [5, 5.41) is 3.89. The maximum Gasteiger partial charge on any atom is 0.126 e. The number of nitrogens with zero attached hydrogens (tertiary/aromatic N) is 1. The summed E-state index contributed by atoms with van der Waals surface area (Å²) in [4.78, 5) is 5.59. The molecule has 1 fully saturated rings. The Kier molecular flexibility index (Phi) is 4.10. The van der Waals surface area contributed by atoms with E-state index in [9.17, 15) is 0 Å². The number of anilines is 1. The summed E-state index contributed by atoms with van der Waals surface area (Å²) in [6, 6.07) is 4.26. The van der Waals surface area contributed by atoms with Crippen LogP contribution in [0, 0.1) is 5.92 Å². The molecule has 1 aromatic heterocycles. The van der Waals surface area contributed by atoms with Crippen molar-refractivity contribution in [3.8, 4) is 0 Å². The SMILES string of the molecule is CNc1cc(SC2CCCC(C)C2)ccn1. The Morgan fingerprint density at radius 2 is 2.31 bits per heavy atom. The Hall–Kier alpha value is -0.700. The summed E-state index contributed by atoms with van der Waals surface area (Å²) in [7, 11) is 1.92. The molecule has 1 N–H and O–H groups in total. The van der Waals surface area contributed by atoms with Crippen LogP contribution in [-0.4, -0.2) is 17.3 Å². The molecular formula is C13H20N2S. The van der Waals surface area contributed by atoms with E-state index in [2.05, 4.69) is 29.4 Å². The van der Waals surface area contributed by atoms with Gasteiger partial charge in [-0.25, -0.2) is 4.98 Å². The van der Waals surface area contributed by atoms with Crippen LogP contribution in [0.25, 0.3) is 0 Å². The van der Waals surface area contributed by atoms with E-state index in [0.717, 1.165) is 17.0 Å². The first-order valence-corrected chi connectivity index (χ1v) is 6.96. The van der Waals surface area contributed by atoms with Crippen LogP contribution in [0.5, 0.6) is 0 Å². The minimum atomic E-state index is 0.802. The largest absolute Gasteiger partial charge is 0.373 e. The molecule has 1 aliphatic rings. The smallest absolute Gasteiger partial charge is 0.126 e. The average Bonchev–Trinajstić information content (AvgIpc) is 2.29. The molecule has 1 aliphatic carbocycles. The first-order chi connectivity index (χ1) is 7.78. The van der Waals surface area contributed by atoms with Crippen molar-refractivity contribution in [3.63, 3.8) is 0 Å². The number of rotatable bonds is 3. The van der Waals surface area contributed by atoms with Gasteiger partial charge >= 0.3 is 0 Å². The summed E-state index contributed by atoms with van der Waals surface area (Å²) in [5.41, 5.74) is 0. The van der Waals surface area contributed by atoms with E-state index < -0.39 is 0 Å². The molecule has 2 nitrogen and oxygen atoms in total. The summed E-state index contributed by atoms with van der Waals surface area (Å²) >= 11 is 2.02. The number of pyridine rings is 1. The van der Waals surface area contributed by atoms with Gasteiger partial charge < -0.3 is 5.32 Å². The quantitative estimate of drug-likeness (QED) is 0.864. The van der Waals surface area contributed by atoms with E-state index in [1.165, 1.54) is 30.6 Å². The van der Waals surface area contributed by atoms with Gasteiger partial charge in [-0.1, -0.05) is 19.8 Å². The van der Waals surface area contributed by atoms with Gasteiger partial charge in [0.05, 0.1) is 0 Å². The third-order valence-electron chi connectivity index (χ3n) is 3.18. The maximum atomic E-state index is 4.24. The zero-order valence-electron chi connectivity index (χ0n) is 10.1. The molecular weight excluding hydrogens is 216 g/mol. The Labute approximate surface area is 102 Å². The van der Waals surface area contributed by atoms with Crippen LogP contribution in [-0.2, 0) is 0 Å². The lowest BCUT2D eigenvalue weighted by Gasteiger charge is -2.26. The van der Waals surface area contributed by atoms with Crippen molar-refractivity contribution in [1.82, 2.24) is 4.98 Å². The van der Waals surface area contributed by atoms with Crippen molar-refractivity contribution >= 4 is 17.6 Å². The Morgan fingerprint density at radius 3 is 3.06 bits per heavy atom. The summed E-state index contributed by atoms with van der Waals surface area (Å²) in [6.45, 7) is 2.37. The summed E-state index contributed by atoms with van der Waals surface area (Å²) in [5.74, 6) is 1.87. The second-order valence-corrected chi connectivity index (χ2v) is 6.01. The third kappa shape index (κ3) is 3.14. The first-order valence-electron chi connectivity index (χ1n) is 6.08. The topological polar surface area (TPSA) is 24.9 Å². The van der Waals surface area contributed by atoms with Crippen molar-refractivity contribution in [2.24, 2.45) is 5.92 Å². The molecule has 2 unspecified atom stereocenters. The molecule has 0 aromatic carbocycles. The van der Waals surface area contributed by atoms with Crippen molar-refractivity contribution in [2.45, 2.75) is 42.8 Å². The van der Waals surface area contributed by atoms with E-state index in [1.807, 2.05) is 25.0 Å². The van der Waals surface area contributed by atoms with E-state index in [0.29, 0.717) is 0 Å². The molecule has 0 radical (unpaired) electrons. The Morgan fingerprint density at radius 1 is 1.44 bits per heavy atom. The van der Waals surface area contributed by atoms with Gasteiger partial charge in [-0.05, 0) is 30.9 Å². The highest BCUT2D eigenvalue weighted by Gasteiger charge is 2.19. The maximum absolute atomic E-state index is 4.24. The molecule has 1 saturated carbocycles. The second kappa shape index (κ2) is 5.58. The van der Waals surface area contributed by atoms with Gasteiger partial charge in [0.15, 0.2) is 0 Å². The van der Waals surface area contributed by atoms with Gasteiger partial charge in [0.2, 0.25) is 0 Å². The molecule has 2 atom stereocenters. The van der Waals surface area contributed by atoms with E-state index in [-0.39, 0.29) is 0 Å². The van der Waals surface area contributed by atoms with Gasteiger partial charge in [0.25, 0.3) is 0 Å². The highest BCUT2D eigenvalue weighted by Crippen LogP contribution is 2.36. The first kappa shape index (κ1) is 11.8. The molecule has 0 saturated heterocycles. The molecule has 2 rings (SSSR count). The average molecular weight is 236 g/mol. The predicted molar refractivity (Wildman–Crippen MR) is 71.1 cm³/mol. The minimum Gasteiger partial charge on any atom is -0.373 e. The molecule has 88 valence electrons. The molecule has 0 aliphatic heterocycles. The van der Waals surface area contributed by atoms with Gasteiger partial charge in [-0.2, -0.15) is 0 Å². The lowest BCUT2D eigenvalue weighted by molar-refractivity contribution is 0.394. The zero-order chi connectivity index (χ0) is 11.4. The van der Waals surface area contributed by atoms with Crippen LogP contribution in [0.1, 0.15) is 32.6 Å². The molecule has 16 heavy (non-hydrogen) atoms. The van der Waals surface area contributed by atoms with Crippen molar-refractivity contribution in [3.05, 3.63) is 18.3 Å². The fraction of sp³-hybridized carbons (Fsp3) is 0.615. The molecule has 1 heterocycles. The van der Waals surface area contributed by atoms with Crippen LogP contribution < -0.4 is 5.32 Å². The number of hydrogen-bond acceptors (Lipinski definition) is 3. The third-order valence-corrected chi connectivity index (χ3v) is 4.47. The summed E-state index contributed by atoms with van der Waals surface area (Å²) in [6.07, 6.45) is 7.42. The molecule has 0 bridgehead atoms. The van der Waals surface area contributed by atoms with Gasteiger partial charge in [-0.15, -0.1) is 11.8 Å². The van der Waals surface area contributed by atoms with Crippen molar-refractivity contribution in [1.29, 1.82) is 0 Å². The van der Waals surface area contributed by atoms with Crippen LogP contribution in [0.4, 0.5) is 5.82 Å². The fourth-order valence-electron chi connectivity index (χ4n) is 2.30. The number of nitrogens with one attached hydrogen (secondary N) is 1. The Balaban J connectivity index is 1.97. The monoisotopic (exact) mass is 236 g/mol. The minimum absolute atomic E-state index is 0.802. The van der Waals surface area contributed by atoms with Gasteiger partial charge in [0, 0.05) is 23.4 Å².